The van der Waals surface area contributed by atoms with E-state index in [9.17, 15) is 0 Å². The summed E-state index contributed by atoms with van der Waals surface area (Å²) in [6.07, 6.45) is 5.59. The largest absolute Gasteiger partial charge is 0.385 e. The van der Waals surface area contributed by atoms with Gasteiger partial charge in [0, 0.05) is 31.5 Å². The minimum atomic E-state index is 0.802. The molecule has 1 heterocycles. The van der Waals surface area contributed by atoms with E-state index >= 15 is 0 Å². The van der Waals surface area contributed by atoms with Crippen LogP contribution in [0.5, 0.6) is 0 Å². The van der Waals surface area contributed by atoms with Gasteiger partial charge < -0.3 is 5.32 Å². The van der Waals surface area contributed by atoms with Gasteiger partial charge in [-0.2, -0.15) is 0 Å². The first-order valence-corrected chi connectivity index (χ1v) is 8.14. The highest BCUT2D eigenvalue weighted by atomic mass is 15.1. The molecular weight excluding hydrogens is 246 g/mol. The molecule has 3 heteroatoms. The van der Waals surface area contributed by atoms with Crippen LogP contribution in [-0.2, 0) is 6.54 Å². The summed E-state index contributed by atoms with van der Waals surface area (Å²) in [5.41, 5.74) is 2.36. The van der Waals surface area contributed by atoms with Gasteiger partial charge in [0.25, 0.3) is 0 Å². The SMILES string of the molecule is CCCNc1ccnc(CN(CC)CC(CC)CC)c1. The van der Waals surface area contributed by atoms with E-state index in [-0.39, 0.29) is 0 Å². The maximum atomic E-state index is 4.51. The van der Waals surface area contributed by atoms with Gasteiger partial charge in [0.05, 0.1) is 5.69 Å². The Morgan fingerprint density at radius 2 is 1.95 bits per heavy atom. The Hall–Kier alpha value is -1.09. The van der Waals surface area contributed by atoms with Crippen LogP contribution in [0.1, 0.15) is 52.7 Å². The lowest BCUT2D eigenvalue weighted by Gasteiger charge is -2.25. The van der Waals surface area contributed by atoms with Crippen molar-refractivity contribution < 1.29 is 0 Å². The normalized spacial score (nSPS) is 11.3. The van der Waals surface area contributed by atoms with Crippen molar-refractivity contribution in [2.24, 2.45) is 5.92 Å². The summed E-state index contributed by atoms with van der Waals surface area (Å²) in [6.45, 7) is 13.2. The van der Waals surface area contributed by atoms with Gasteiger partial charge in [-0.25, -0.2) is 0 Å². The van der Waals surface area contributed by atoms with E-state index in [1.165, 1.54) is 30.8 Å². The Bertz CT molecular complexity index is 361. The van der Waals surface area contributed by atoms with E-state index in [1.807, 2.05) is 6.20 Å². The van der Waals surface area contributed by atoms with E-state index in [2.05, 4.69) is 55.0 Å². The second kappa shape index (κ2) is 9.76. The Balaban J connectivity index is 2.60. The average Bonchev–Trinajstić information content (AvgIpc) is 2.49. The van der Waals surface area contributed by atoms with Crippen LogP contribution in [0.15, 0.2) is 18.3 Å². The molecule has 0 unspecified atom stereocenters. The maximum Gasteiger partial charge on any atom is 0.0564 e. The van der Waals surface area contributed by atoms with Crippen molar-refractivity contribution in [1.29, 1.82) is 0 Å². The number of nitrogens with zero attached hydrogens (tertiary/aromatic N) is 2. The highest BCUT2D eigenvalue weighted by molar-refractivity contribution is 5.43. The molecule has 0 aliphatic rings. The number of hydrogen-bond acceptors (Lipinski definition) is 3. The van der Waals surface area contributed by atoms with Crippen molar-refractivity contribution in [3.63, 3.8) is 0 Å². The fourth-order valence-corrected chi connectivity index (χ4v) is 2.39. The van der Waals surface area contributed by atoms with Gasteiger partial charge in [-0.1, -0.05) is 40.5 Å². The Labute approximate surface area is 124 Å². The topological polar surface area (TPSA) is 28.2 Å². The minimum absolute atomic E-state index is 0.802. The molecule has 3 nitrogen and oxygen atoms in total. The summed E-state index contributed by atoms with van der Waals surface area (Å²) in [5, 5.41) is 3.43. The molecule has 0 aliphatic carbocycles. The van der Waals surface area contributed by atoms with Crippen molar-refractivity contribution in [1.82, 2.24) is 9.88 Å². The van der Waals surface area contributed by atoms with E-state index < -0.39 is 0 Å². The Morgan fingerprint density at radius 1 is 1.20 bits per heavy atom. The van der Waals surface area contributed by atoms with Crippen LogP contribution in [-0.4, -0.2) is 29.5 Å². The third-order valence-electron chi connectivity index (χ3n) is 3.90. The number of pyridine rings is 1. The molecule has 0 bridgehead atoms. The molecular formula is C17H31N3. The predicted octanol–water partition coefficient (Wildman–Crippen LogP) is 4.16. The lowest BCUT2D eigenvalue weighted by atomic mass is 10.0. The summed E-state index contributed by atoms with van der Waals surface area (Å²) in [4.78, 5) is 7.02. The third kappa shape index (κ3) is 5.91. The van der Waals surface area contributed by atoms with Crippen LogP contribution < -0.4 is 5.32 Å². The quantitative estimate of drug-likeness (QED) is 0.696. The summed E-state index contributed by atoms with van der Waals surface area (Å²) in [5.74, 6) is 0.802. The molecule has 20 heavy (non-hydrogen) atoms. The molecule has 114 valence electrons. The van der Waals surface area contributed by atoms with Crippen LogP contribution in [0, 0.1) is 5.92 Å². The fraction of sp³-hybridized carbons (Fsp3) is 0.706. The van der Waals surface area contributed by atoms with E-state index in [0.717, 1.165) is 32.0 Å². The van der Waals surface area contributed by atoms with Crippen LogP contribution in [0.25, 0.3) is 0 Å². The molecule has 1 aromatic rings. The van der Waals surface area contributed by atoms with Gasteiger partial charge in [0.15, 0.2) is 0 Å². The lowest BCUT2D eigenvalue weighted by Crippen LogP contribution is -2.29. The molecule has 0 radical (unpaired) electrons. The number of anilines is 1. The summed E-state index contributed by atoms with van der Waals surface area (Å²) >= 11 is 0. The zero-order valence-corrected chi connectivity index (χ0v) is 13.7. The molecule has 1 aromatic heterocycles. The number of nitrogens with one attached hydrogen (secondary N) is 1. The molecule has 0 aliphatic heterocycles. The van der Waals surface area contributed by atoms with Crippen LogP contribution in [0.4, 0.5) is 5.69 Å². The first-order chi connectivity index (χ1) is 9.73. The summed E-state index contributed by atoms with van der Waals surface area (Å²) < 4.78 is 0. The van der Waals surface area contributed by atoms with Gasteiger partial charge in [0.2, 0.25) is 0 Å². The average molecular weight is 277 g/mol. The molecule has 0 aromatic carbocycles. The Kier molecular flexibility index (Phi) is 8.28. The van der Waals surface area contributed by atoms with Gasteiger partial charge in [-0.05, 0) is 31.0 Å². The third-order valence-corrected chi connectivity index (χ3v) is 3.90. The van der Waals surface area contributed by atoms with E-state index in [0.29, 0.717) is 0 Å². The van der Waals surface area contributed by atoms with Crippen molar-refractivity contribution >= 4 is 5.69 Å². The van der Waals surface area contributed by atoms with Gasteiger partial charge >= 0.3 is 0 Å². The zero-order chi connectivity index (χ0) is 14.8. The van der Waals surface area contributed by atoms with Gasteiger partial charge in [-0.15, -0.1) is 0 Å². The molecule has 1 rings (SSSR count). The summed E-state index contributed by atoms with van der Waals surface area (Å²) in [7, 11) is 0. The standard InChI is InChI=1S/C17H31N3/c1-5-10-18-16-9-11-19-17(12-16)14-20(8-4)13-15(6-2)7-3/h9,11-12,15H,5-8,10,13-14H2,1-4H3,(H,18,19). The summed E-state index contributed by atoms with van der Waals surface area (Å²) in [6, 6.07) is 4.24. The van der Waals surface area contributed by atoms with Gasteiger partial charge in [-0.3, -0.25) is 9.88 Å². The molecule has 0 atom stereocenters. The Morgan fingerprint density at radius 3 is 2.55 bits per heavy atom. The monoisotopic (exact) mass is 277 g/mol. The molecule has 0 saturated carbocycles. The zero-order valence-electron chi connectivity index (χ0n) is 13.7. The smallest absolute Gasteiger partial charge is 0.0564 e. The molecule has 1 N–H and O–H groups in total. The number of hydrogen-bond donors (Lipinski definition) is 1. The van der Waals surface area contributed by atoms with Crippen molar-refractivity contribution in [3.8, 4) is 0 Å². The van der Waals surface area contributed by atoms with Gasteiger partial charge in [0.1, 0.15) is 0 Å². The maximum absolute atomic E-state index is 4.51. The molecule has 0 saturated heterocycles. The highest BCUT2D eigenvalue weighted by Gasteiger charge is 2.11. The first-order valence-electron chi connectivity index (χ1n) is 8.14. The highest BCUT2D eigenvalue weighted by Crippen LogP contribution is 2.14. The fourth-order valence-electron chi connectivity index (χ4n) is 2.39. The molecule has 0 amide bonds. The molecule has 0 spiro atoms. The second-order valence-corrected chi connectivity index (χ2v) is 5.47. The number of aromatic nitrogens is 1. The predicted molar refractivity (Wildman–Crippen MR) is 88.0 cm³/mol. The molecule has 0 fully saturated rings. The lowest BCUT2D eigenvalue weighted by molar-refractivity contribution is 0.224. The van der Waals surface area contributed by atoms with Crippen molar-refractivity contribution in [3.05, 3.63) is 24.0 Å². The van der Waals surface area contributed by atoms with Crippen molar-refractivity contribution in [2.75, 3.05) is 25.0 Å². The van der Waals surface area contributed by atoms with E-state index in [1.54, 1.807) is 0 Å². The second-order valence-electron chi connectivity index (χ2n) is 5.47. The first kappa shape index (κ1) is 17.0. The number of rotatable bonds is 10. The van der Waals surface area contributed by atoms with Crippen LogP contribution >= 0.6 is 0 Å². The van der Waals surface area contributed by atoms with Crippen LogP contribution in [0.3, 0.4) is 0 Å². The van der Waals surface area contributed by atoms with Crippen molar-refractivity contribution in [2.45, 2.75) is 53.5 Å². The van der Waals surface area contributed by atoms with E-state index in [4.69, 9.17) is 0 Å². The minimum Gasteiger partial charge on any atom is -0.385 e. The van der Waals surface area contributed by atoms with Crippen LogP contribution in [0.2, 0.25) is 0 Å².